The molecule has 1 aromatic heterocycles. The first-order chi connectivity index (χ1) is 11.3. The Morgan fingerprint density at radius 3 is 2.71 bits per heavy atom. The van der Waals surface area contributed by atoms with Crippen molar-refractivity contribution < 1.29 is 27.3 Å². The van der Waals surface area contributed by atoms with E-state index < -0.39 is 28.5 Å². The molecule has 1 N–H and O–H groups in total. The Labute approximate surface area is 132 Å². The van der Waals surface area contributed by atoms with E-state index in [9.17, 15) is 28.1 Å². The van der Waals surface area contributed by atoms with Gasteiger partial charge in [-0.1, -0.05) is 18.2 Å². The van der Waals surface area contributed by atoms with Crippen LogP contribution < -0.4 is 5.43 Å². The van der Waals surface area contributed by atoms with Crippen LogP contribution in [0.25, 0.3) is 0 Å². The summed E-state index contributed by atoms with van der Waals surface area (Å²) in [5.41, 5.74) is 1.42. The Bertz CT molecular complexity index is 784. The van der Waals surface area contributed by atoms with Gasteiger partial charge in [0, 0.05) is 0 Å². The van der Waals surface area contributed by atoms with Crippen molar-refractivity contribution in [1.29, 1.82) is 0 Å². The van der Waals surface area contributed by atoms with Crippen LogP contribution in [0.4, 0.5) is 19.1 Å². The average molecular weight is 341 g/mol. The molecule has 0 atom stereocenters. The van der Waals surface area contributed by atoms with Crippen molar-refractivity contribution >= 4 is 18.0 Å². The lowest BCUT2D eigenvalue weighted by Gasteiger charge is -2.08. The second-order valence-corrected chi connectivity index (χ2v) is 4.60. The monoisotopic (exact) mass is 341 g/mol. The number of benzene rings is 1. The van der Waals surface area contributed by atoms with E-state index in [1.807, 2.05) is 0 Å². The van der Waals surface area contributed by atoms with Gasteiger partial charge in [-0.15, -0.1) is 0 Å². The molecule has 0 radical (unpaired) electrons. The summed E-state index contributed by atoms with van der Waals surface area (Å²) in [5.74, 6) is -1.08. The lowest BCUT2D eigenvalue weighted by atomic mass is 10.1. The molecule has 0 spiro atoms. The summed E-state index contributed by atoms with van der Waals surface area (Å²) in [4.78, 5) is 21.3. The van der Waals surface area contributed by atoms with E-state index in [-0.39, 0.29) is 17.7 Å². The molecule has 7 nitrogen and oxygen atoms in total. The number of hydrogen-bond acceptors (Lipinski definition) is 5. The molecular weight excluding hydrogens is 331 g/mol. The van der Waals surface area contributed by atoms with Gasteiger partial charge < -0.3 is 4.42 Å². The van der Waals surface area contributed by atoms with Crippen molar-refractivity contribution in [3.63, 3.8) is 0 Å². The second kappa shape index (κ2) is 6.94. The first kappa shape index (κ1) is 17.2. The molecule has 126 valence electrons. The van der Waals surface area contributed by atoms with Crippen LogP contribution in [0, 0.1) is 10.1 Å². The fraction of sp³-hybridized carbons (Fsp3) is 0.143. The summed E-state index contributed by atoms with van der Waals surface area (Å²) in [5, 5.41) is 13.9. The highest BCUT2D eigenvalue weighted by Gasteiger charge is 2.30. The van der Waals surface area contributed by atoms with Gasteiger partial charge in [0.2, 0.25) is 5.91 Å². The van der Waals surface area contributed by atoms with E-state index in [1.54, 1.807) is 0 Å². The molecule has 0 aliphatic heterocycles. The number of nitro groups is 1. The van der Waals surface area contributed by atoms with Crippen molar-refractivity contribution in [2.45, 2.75) is 12.6 Å². The van der Waals surface area contributed by atoms with Gasteiger partial charge in [-0.2, -0.15) is 18.3 Å². The number of amides is 1. The number of furan rings is 1. The molecule has 1 heterocycles. The van der Waals surface area contributed by atoms with Crippen LogP contribution in [0.5, 0.6) is 0 Å². The van der Waals surface area contributed by atoms with Crippen molar-refractivity contribution in [1.82, 2.24) is 5.43 Å². The molecule has 1 amide bonds. The summed E-state index contributed by atoms with van der Waals surface area (Å²) in [7, 11) is 0. The van der Waals surface area contributed by atoms with Gasteiger partial charge in [0.05, 0.1) is 24.3 Å². The summed E-state index contributed by atoms with van der Waals surface area (Å²) in [6.45, 7) is 0. The van der Waals surface area contributed by atoms with Crippen LogP contribution in [0.3, 0.4) is 0 Å². The van der Waals surface area contributed by atoms with Gasteiger partial charge in [0.1, 0.15) is 4.92 Å². The smallest absolute Gasteiger partial charge is 0.400 e. The highest BCUT2D eigenvalue weighted by atomic mass is 19.4. The SMILES string of the molecule is O=C(Cc1cccc(C(F)(F)F)c1)N/N=C\c1ccc([N+](=O)[O-])o1. The van der Waals surface area contributed by atoms with Crippen LogP contribution >= 0.6 is 0 Å². The zero-order chi connectivity index (χ0) is 17.7. The largest absolute Gasteiger partial charge is 0.433 e. The van der Waals surface area contributed by atoms with Gasteiger partial charge in [-0.05, 0) is 17.7 Å². The number of carbonyl (C=O) groups is 1. The summed E-state index contributed by atoms with van der Waals surface area (Å²) in [6.07, 6.45) is -3.75. The van der Waals surface area contributed by atoms with Crippen molar-refractivity contribution in [3.8, 4) is 0 Å². The zero-order valence-corrected chi connectivity index (χ0v) is 11.9. The van der Waals surface area contributed by atoms with Crippen LogP contribution in [-0.4, -0.2) is 17.0 Å². The molecule has 0 fully saturated rings. The van der Waals surface area contributed by atoms with E-state index >= 15 is 0 Å². The van der Waals surface area contributed by atoms with Crippen LogP contribution in [0.1, 0.15) is 16.9 Å². The highest BCUT2D eigenvalue weighted by molar-refractivity contribution is 5.81. The van der Waals surface area contributed by atoms with Gasteiger partial charge in [-0.25, -0.2) is 5.43 Å². The van der Waals surface area contributed by atoms with E-state index in [0.29, 0.717) is 0 Å². The summed E-state index contributed by atoms with van der Waals surface area (Å²) < 4.78 is 42.5. The quantitative estimate of drug-likeness (QED) is 0.513. The average Bonchev–Trinajstić information content (AvgIpc) is 2.96. The molecule has 1 aromatic carbocycles. The first-order valence-electron chi connectivity index (χ1n) is 6.48. The summed E-state index contributed by atoms with van der Waals surface area (Å²) >= 11 is 0. The minimum absolute atomic E-state index is 0.0427. The Kier molecular flexibility index (Phi) is 4.97. The molecular formula is C14H10F3N3O4. The highest BCUT2D eigenvalue weighted by Crippen LogP contribution is 2.29. The lowest BCUT2D eigenvalue weighted by molar-refractivity contribution is -0.402. The van der Waals surface area contributed by atoms with Gasteiger partial charge >= 0.3 is 12.1 Å². The van der Waals surface area contributed by atoms with Crippen molar-refractivity contribution in [2.24, 2.45) is 5.10 Å². The third-order valence-corrected chi connectivity index (χ3v) is 2.79. The normalized spacial score (nSPS) is 11.6. The predicted molar refractivity (Wildman–Crippen MR) is 76.2 cm³/mol. The first-order valence-corrected chi connectivity index (χ1v) is 6.48. The molecule has 0 unspecified atom stereocenters. The van der Waals surface area contributed by atoms with Crippen LogP contribution in [0.2, 0.25) is 0 Å². The third kappa shape index (κ3) is 4.66. The van der Waals surface area contributed by atoms with E-state index in [0.717, 1.165) is 24.4 Å². The molecule has 2 aromatic rings. The predicted octanol–water partition coefficient (Wildman–Crippen LogP) is 2.90. The minimum atomic E-state index is -4.49. The standard InChI is InChI=1S/C14H10F3N3O4/c15-14(16,17)10-3-1-2-9(6-10)7-12(21)19-18-8-11-4-5-13(24-11)20(22)23/h1-6,8H,7H2,(H,19,21)/b18-8-. The molecule has 24 heavy (non-hydrogen) atoms. The molecule has 2 rings (SSSR count). The lowest BCUT2D eigenvalue weighted by Crippen LogP contribution is -2.20. The maximum atomic E-state index is 12.6. The van der Waals surface area contributed by atoms with Crippen LogP contribution in [0.15, 0.2) is 45.9 Å². The van der Waals surface area contributed by atoms with Crippen molar-refractivity contribution in [3.05, 3.63) is 63.4 Å². The fourth-order valence-corrected chi connectivity index (χ4v) is 1.76. The Morgan fingerprint density at radius 2 is 2.08 bits per heavy atom. The molecule has 0 saturated carbocycles. The zero-order valence-electron chi connectivity index (χ0n) is 11.9. The number of alkyl halides is 3. The summed E-state index contributed by atoms with van der Waals surface area (Å²) in [6, 6.07) is 6.76. The number of rotatable bonds is 5. The second-order valence-electron chi connectivity index (χ2n) is 4.60. The number of halogens is 3. The number of hydrazone groups is 1. The van der Waals surface area contributed by atoms with E-state index in [1.165, 1.54) is 18.2 Å². The molecule has 0 bridgehead atoms. The number of carbonyl (C=O) groups excluding carboxylic acids is 1. The van der Waals surface area contributed by atoms with Gasteiger partial charge in [0.25, 0.3) is 0 Å². The van der Waals surface area contributed by atoms with Gasteiger partial charge in [-0.3, -0.25) is 14.9 Å². The maximum Gasteiger partial charge on any atom is 0.433 e. The van der Waals surface area contributed by atoms with Gasteiger partial charge in [0.15, 0.2) is 5.76 Å². The number of nitrogens with zero attached hydrogens (tertiary/aromatic N) is 2. The van der Waals surface area contributed by atoms with E-state index in [4.69, 9.17) is 4.42 Å². The van der Waals surface area contributed by atoms with E-state index in [2.05, 4.69) is 10.5 Å². The maximum absolute atomic E-state index is 12.6. The molecule has 10 heteroatoms. The Balaban J connectivity index is 1.93. The molecule has 0 aliphatic carbocycles. The molecule has 0 aliphatic rings. The third-order valence-electron chi connectivity index (χ3n) is 2.79. The number of nitrogens with one attached hydrogen (secondary N) is 1. The Hall–Kier alpha value is -3.17. The van der Waals surface area contributed by atoms with Crippen LogP contribution in [-0.2, 0) is 17.4 Å². The minimum Gasteiger partial charge on any atom is -0.400 e. The van der Waals surface area contributed by atoms with Crippen molar-refractivity contribution in [2.75, 3.05) is 0 Å². The fourth-order valence-electron chi connectivity index (χ4n) is 1.76. The molecule has 0 saturated heterocycles. The number of hydrogen-bond donors (Lipinski definition) is 1. The topological polar surface area (TPSA) is 97.7 Å². The Morgan fingerprint density at radius 1 is 1.33 bits per heavy atom.